The number of aliphatic carboxylic acids is 1. The van der Waals surface area contributed by atoms with Crippen molar-refractivity contribution >= 4 is 23.6 Å². The summed E-state index contributed by atoms with van der Waals surface area (Å²) in [6.07, 6.45) is 2.44. The van der Waals surface area contributed by atoms with Crippen molar-refractivity contribution in [3.8, 4) is 5.75 Å². The van der Waals surface area contributed by atoms with E-state index in [1.807, 2.05) is 18.2 Å². The number of para-hydroxylation sites is 1. The molecule has 0 spiro atoms. The van der Waals surface area contributed by atoms with E-state index < -0.39 is 5.97 Å². The molecule has 0 radical (unpaired) electrons. The van der Waals surface area contributed by atoms with Crippen LogP contribution in [0.25, 0.3) is 0 Å². The second-order valence-electron chi connectivity index (χ2n) is 5.92. The highest BCUT2D eigenvalue weighted by atomic mass is 35.5. The molecule has 1 fully saturated rings. The number of ether oxygens (including phenoxy) is 1. The molecule has 2 amide bonds. The highest BCUT2D eigenvalue weighted by molar-refractivity contribution is 6.32. The number of halogens is 1. The lowest BCUT2D eigenvalue weighted by Gasteiger charge is -2.32. The molecule has 0 bridgehead atoms. The minimum absolute atomic E-state index is 0.0641. The highest BCUT2D eigenvalue weighted by Crippen LogP contribution is 2.25. The van der Waals surface area contributed by atoms with Gasteiger partial charge in [-0.25, -0.2) is 4.79 Å². The van der Waals surface area contributed by atoms with Crippen LogP contribution in [-0.4, -0.2) is 48.2 Å². The van der Waals surface area contributed by atoms with Crippen molar-refractivity contribution in [1.29, 1.82) is 0 Å². The number of carbonyl (C=O) groups is 2. The Kier molecular flexibility index (Phi) is 7.18. The lowest BCUT2D eigenvalue weighted by atomic mass is 9.99. The number of benzene rings is 1. The quantitative estimate of drug-likeness (QED) is 0.738. The van der Waals surface area contributed by atoms with E-state index in [-0.39, 0.29) is 18.4 Å². The molecule has 1 aliphatic rings. The summed E-state index contributed by atoms with van der Waals surface area (Å²) in [7, 11) is 0. The first-order valence-electron chi connectivity index (χ1n) is 8.18. The van der Waals surface area contributed by atoms with Gasteiger partial charge in [0.15, 0.2) is 0 Å². The van der Waals surface area contributed by atoms with Crippen LogP contribution in [0.1, 0.15) is 25.7 Å². The van der Waals surface area contributed by atoms with Crippen molar-refractivity contribution in [1.82, 2.24) is 10.2 Å². The van der Waals surface area contributed by atoms with Crippen LogP contribution in [0.5, 0.6) is 5.75 Å². The number of hydrogen-bond donors (Lipinski definition) is 2. The predicted molar refractivity (Wildman–Crippen MR) is 91.5 cm³/mol. The van der Waals surface area contributed by atoms with Gasteiger partial charge in [-0.3, -0.25) is 4.79 Å². The van der Waals surface area contributed by atoms with E-state index in [9.17, 15) is 9.59 Å². The monoisotopic (exact) mass is 354 g/mol. The first-order valence-corrected chi connectivity index (χ1v) is 8.56. The van der Waals surface area contributed by atoms with Gasteiger partial charge in [-0.15, -0.1) is 0 Å². The van der Waals surface area contributed by atoms with Crippen LogP contribution < -0.4 is 10.1 Å². The van der Waals surface area contributed by atoms with E-state index in [4.69, 9.17) is 21.4 Å². The molecule has 132 valence electrons. The molecule has 1 unspecified atom stereocenters. The Morgan fingerprint density at radius 1 is 1.38 bits per heavy atom. The van der Waals surface area contributed by atoms with Gasteiger partial charge in [-0.2, -0.15) is 0 Å². The zero-order valence-corrected chi connectivity index (χ0v) is 14.3. The summed E-state index contributed by atoms with van der Waals surface area (Å²) in [5.74, 6) is 0.0770. The Balaban J connectivity index is 1.73. The number of carboxylic acid groups (broad SMARTS) is 1. The van der Waals surface area contributed by atoms with Crippen molar-refractivity contribution in [3.63, 3.8) is 0 Å². The van der Waals surface area contributed by atoms with Crippen LogP contribution in [0.2, 0.25) is 5.02 Å². The molecular formula is C17H23ClN2O4. The van der Waals surface area contributed by atoms with Gasteiger partial charge in [0.05, 0.1) is 11.6 Å². The third-order valence-corrected chi connectivity index (χ3v) is 4.27. The van der Waals surface area contributed by atoms with E-state index in [1.54, 1.807) is 11.0 Å². The van der Waals surface area contributed by atoms with Gasteiger partial charge >= 0.3 is 12.0 Å². The predicted octanol–water partition coefficient (Wildman–Crippen LogP) is 3.01. The molecule has 1 aromatic carbocycles. The summed E-state index contributed by atoms with van der Waals surface area (Å²) >= 11 is 6.07. The molecule has 2 N–H and O–H groups in total. The molecule has 1 aliphatic heterocycles. The SMILES string of the molecule is O=C(O)CCCNC(=O)N1CCCC(COc2ccccc2Cl)C1. The second kappa shape index (κ2) is 9.37. The number of rotatable bonds is 7. The number of carbonyl (C=O) groups excluding carboxylic acids is 1. The molecule has 1 aromatic rings. The molecule has 7 heteroatoms. The van der Waals surface area contributed by atoms with E-state index in [1.165, 1.54) is 0 Å². The Morgan fingerprint density at radius 2 is 2.17 bits per heavy atom. The highest BCUT2D eigenvalue weighted by Gasteiger charge is 2.24. The molecular weight excluding hydrogens is 332 g/mol. The van der Waals surface area contributed by atoms with Crippen LogP contribution in [0, 0.1) is 5.92 Å². The standard InChI is InChI=1S/C17H23ClN2O4/c18-14-6-1-2-7-15(14)24-12-13-5-4-10-20(11-13)17(23)19-9-3-8-16(21)22/h1-2,6-7,13H,3-5,8-12H2,(H,19,23)(H,21,22). The zero-order valence-electron chi connectivity index (χ0n) is 13.5. The number of likely N-dealkylation sites (tertiary alicyclic amines) is 1. The lowest BCUT2D eigenvalue weighted by molar-refractivity contribution is -0.137. The summed E-state index contributed by atoms with van der Waals surface area (Å²) in [4.78, 5) is 24.3. The van der Waals surface area contributed by atoms with Crippen molar-refractivity contribution < 1.29 is 19.4 Å². The van der Waals surface area contributed by atoms with Crippen LogP contribution in [0.4, 0.5) is 4.79 Å². The fraction of sp³-hybridized carbons (Fsp3) is 0.529. The molecule has 2 rings (SSSR count). The van der Waals surface area contributed by atoms with E-state index in [2.05, 4.69) is 5.32 Å². The van der Waals surface area contributed by atoms with Gasteiger partial charge in [0.1, 0.15) is 5.75 Å². The Hall–Kier alpha value is -1.95. The van der Waals surface area contributed by atoms with E-state index >= 15 is 0 Å². The summed E-state index contributed by atoms with van der Waals surface area (Å²) < 4.78 is 5.77. The number of hydrogen-bond acceptors (Lipinski definition) is 3. The van der Waals surface area contributed by atoms with Crippen LogP contribution in [0.3, 0.4) is 0 Å². The van der Waals surface area contributed by atoms with Crippen molar-refractivity contribution in [3.05, 3.63) is 29.3 Å². The van der Waals surface area contributed by atoms with Crippen LogP contribution in [0.15, 0.2) is 24.3 Å². The van der Waals surface area contributed by atoms with Crippen molar-refractivity contribution in [2.24, 2.45) is 5.92 Å². The third kappa shape index (κ3) is 5.92. The summed E-state index contributed by atoms with van der Waals surface area (Å²) in [6, 6.07) is 7.21. The molecule has 1 atom stereocenters. The van der Waals surface area contributed by atoms with E-state index in [0.29, 0.717) is 43.4 Å². The topological polar surface area (TPSA) is 78.9 Å². The molecule has 0 saturated carbocycles. The summed E-state index contributed by atoms with van der Waals surface area (Å²) in [5, 5.41) is 11.9. The number of carboxylic acids is 1. The number of piperidine rings is 1. The zero-order chi connectivity index (χ0) is 17.4. The molecule has 0 aromatic heterocycles. The fourth-order valence-corrected chi connectivity index (χ4v) is 2.89. The maximum Gasteiger partial charge on any atom is 0.317 e. The van der Waals surface area contributed by atoms with Crippen molar-refractivity contribution in [2.45, 2.75) is 25.7 Å². The average molecular weight is 355 g/mol. The van der Waals surface area contributed by atoms with Crippen molar-refractivity contribution in [2.75, 3.05) is 26.2 Å². The summed E-state index contributed by atoms with van der Waals surface area (Å²) in [6.45, 7) is 2.25. The first kappa shape index (κ1) is 18.4. The molecule has 1 saturated heterocycles. The van der Waals surface area contributed by atoms with Gasteiger partial charge in [-0.05, 0) is 31.4 Å². The fourth-order valence-electron chi connectivity index (χ4n) is 2.70. The minimum atomic E-state index is -0.848. The second-order valence-corrected chi connectivity index (χ2v) is 6.33. The normalized spacial score (nSPS) is 17.4. The number of nitrogens with one attached hydrogen (secondary N) is 1. The van der Waals surface area contributed by atoms with Gasteiger partial charge in [-0.1, -0.05) is 23.7 Å². The molecule has 24 heavy (non-hydrogen) atoms. The third-order valence-electron chi connectivity index (χ3n) is 3.96. The Bertz CT molecular complexity index is 567. The van der Waals surface area contributed by atoms with Crippen LogP contribution in [-0.2, 0) is 4.79 Å². The largest absolute Gasteiger partial charge is 0.492 e. The maximum absolute atomic E-state index is 12.1. The van der Waals surface area contributed by atoms with Gasteiger partial charge in [0, 0.05) is 32.0 Å². The van der Waals surface area contributed by atoms with Gasteiger partial charge in [0.25, 0.3) is 0 Å². The average Bonchev–Trinajstić information content (AvgIpc) is 2.58. The lowest BCUT2D eigenvalue weighted by Crippen LogP contribution is -2.46. The smallest absolute Gasteiger partial charge is 0.317 e. The van der Waals surface area contributed by atoms with Gasteiger partial charge < -0.3 is 20.1 Å². The van der Waals surface area contributed by atoms with Gasteiger partial charge in [0.2, 0.25) is 0 Å². The minimum Gasteiger partial charge on any atom is -0.492 e. The molecule has 1 heterocycles. The summed E-state index contributed by atoms with van der Waals surface area (Å²) in [5.41, 5.74) is 0. The Labute approximate surface area is 146 Å². The molecule has 6 nitrogen and oxygen atoms in total. The van der Waals surface area contributed by atoms with Crippen LogP contribution >= 0.6 is 11.6 Å². The molecule has 0 aliphatic carbocycles. The maximum atomic E-state index is 12.1. The number of amides is 2. The first-order chi connectivity index (χ1) is 11.6. The van der Waals surface area contributed by atoms with E-state index in [0.717, 1.165) is 12.8 Å². The number of urea groups is 1. The Morgan fingerprint density at radius 3 is 2.92 bits per heavy atom. The number of nitrogens with zero attached hydrogens (tertiary/aromatic N) is 1.